The minimum Gasteiger partial charge on any atom is -0.336 e. The molecular weight excluding hydrogens is 452 g/mol. The van der Waals surface area contributed by atoms with Crippen LogP contribution in [0, 0.1) is 11.3 Å². The third kappa shape index (κ3) is 5.16. The van der Waals surface area contributed by atoms with E-state index in [1.54, 1.807) is 12.4 Å². The molecule has 2 aromatic carbocycles. The van der Waals surface area contributed by atoms with Crippen LogP contribution in [0.2, 0.25) is 0 Å². The van der Waals surface area contributed by atoms with Crippen molar-refractivity contribution in [2.45, 2.75) is 19.4 Å². The Morgan fingerprint density at radius 3 is 2.64 bits per heavy atom. The smallest absolute Gasteiger partial charge is 0.259 e. The zero-order chi connectivity index (χ0) is 24.9. The predicted molar refractivity (Wildman–Crippen MR) is 135 cm³/mol. The van der Waals surface area contributed by atoms with Gasteiger partial charge in [-0.1, -0.05) is 35.5 Å². The summed E-state index contributed by atoms with van der Waals surface area (Å²) in [5, 5.41) is 13.3. The van der Waals surface area contributed by atoms with Gasteiger partial charge in [0.15, 0.2) is 0 Å². The van der Waals surface area contributed by atoms with Crippen LogP contribution in [0.5, 0.6) is 0 Å². The van der Waals surface area contributed by atoms with Crippen molar-refractivity contribution in [3.05, 3.63) is 89.7 Å². The normalized spacial score (nSPS) is 14.8. The molecule has 2 aromatic heterocycles. The average molecular weight is 479 g/mol. The molecule has 1 saturated heterocycles. The number of carbonyl (C=O) groups excluding carboxylic acids is 1. The molecule has 1 aliphatic heterocycles. The van der Waals surface area contributed by atoms with E-state index in [-0.39, 0.29) is 11.8 Å². The number of nitrogens with zero attached hydrogens (tertiary/aromatic N) is 6. The van der Waals surface area contributed by atoms with Gasteiger partial charge >= 0.3 is 0 Å². The zero-order valence-corrected chi connectivity index (χ0v) is 20.0. The highest BCUT2D eigenvalue weighted by molar-refractivity contribution is 5.94. The highest BCUT2D eigenvalue weighted by Crippen LogP contribution is 2.23. The van der Waals surface area contributed by atoms with Crippen molar-refractivity contribution in [1.82, 2.24) is 24.9 Å². The largest absolute Gasteiger partial charge is 0.336 e. The summed E-state index contributed by atoms with van der Waals surface area (Å²) in [6, 6.07) is 21.5. The van der Waals surface area contributed by atoms with Crippen LogP contribution >= 0.6 is 0 Å². The Balaban J connectivity index is 1.20. The maximum Gasteiger partial charge on any atom is 0.259 e. The Labute approximate surface area is 209 Å². The average Bonchev–Trinajstić information content (AvgIpc) is 3.44. The van der Waals surface area contributed by atoms with Crippen LogP contribution in [0.3, 0.4) is 0 Å². The number of amides is 1. The number of rotatable bonds is 6. The number of benzene rings is 2. The summed E-state index contributed by atoms with van der Waals surface area (Å²) >= 11 is 0. The molecule has 180 valence electrons. The van der Waals surface area contributed by atoms with Crippen LogP contribution in [0.4, 0.5) is 0 Å². The molecule has 3 heterocycles. The van der Waals surface area contributed by atoms with Gasteiger partial charge in [-0.25, -0.2) is 0 Å². The van der Waals surface area contributed by atoms with Crippen molar-refractivity contribution in [2.24, 2.45) is 0 Å². The van der Waals surface area contributed by atoms with Crippen molar-refractivity contribution in [3.8, 4) is 28.9 Å². The molecule has 0 spiro atoms. The van der Waals surface area contributed by atoms with E-state index < -0.39 is 0 Å². The van der Waals surface area contributed by atoms with E-state index >= 15 is 0 Å². The minimum absolute atomic E-state index is 0.0187. The van der Waals surface area contributed by atoms with Crippen LogP contribution in [0.25, 0.3) is 22.8 Å². The number of aromatic nitrogens is 3. The highest BCUT2D eigenvalue weighted by atomic mass is 16.5. The first-order valence-electron chi connectivity index (χ1n) is 12.0. The molecule has 4 aromatic rings. The van der Waals surface area contributed by atoms with E-state index in [9.17, 15) is 10.1 Å². The lowest BCUT2D eigenvalue weighted by atomic mass is 10.00. The van der Waals surface area contributed by atoms with Gasteiger partial charge in [0.1, 0.15) is 0 Å². The van der Waals surface area contributed by atoms with Crippen molar-refractivity contribution >= 4 is 5.91 Å². The van der Waals surface area contributed by atoms with Crippen LogP contribution in [0.1, 0.15) is 34.3 Å². The van der Waals surface area contributed by atoms with Gasteiger partial charge in [-0.3, -0.25) is 14.7 Å². The first-order chi connectivity index (χ1) is 17.6. The zero-order valence-electron chi connectivity index (χ0n) is 20.0. The molecule has 0 saturated carbocycles. The van der Waals surface area contributed by atoms with Gasteiger partial charge in [0, 0.05) is 56.2 Å². The lowest BCUT2D eigenvalue weighted by molar-refractivity contribution is 0.0628. The summed E-state index contributed by atoms with van der Waals surface area (Å²) in [5.41, 5.74) is 4.34. The van der Waals surface area contributed by atoms with E-state index in [1.807, 2.05) is 60.4 Å². The fraction of sp³-hybridized carbons (Fsp3) is 0.250. The summed E-state index contributed by atoms with van der Waals surface area (Å²) in [6.07, 6.45) is 3.40. The summed E-state index contributed by atoms with van der Waals surface area (Å²) in [7, 11) is 0. The van der Waals surface area contributed by atoms with Gasteiger partial charge in [-0.2, -0.15) is 10.2 Å². The summed E-state index contributed by atoms with van der Waals surface area (Å²) < 4.78 is 5.43. The first-order valence-corrected chi connectivity index (χ1v) is 12.0. The van der Waals surface area contributed by atoms with Crippen LogP contribution in [-0.2, 0) is 6.54 Å². The summed E-state index contributed by atoms with van der Waals surface area (Å²) in [6.45, 7) is 5.52. The Bertz CT molecular complexity index is 1390. The molecule has 0 aliphatic carbocycles. The molecule has 0 N–H and O–H groups in total. The molecule has 1 atom stereocenters. The SMILES string of the molecule is CC(C#N)c1cccc(C(=O)N2CCN(Cc3cccc(-c4noc(-c5cccnc5)n4)c3)CC2)c1. The third-order valence-electron chi connectivity index (χ3n) is 6.41. The molecule has 0 radical (unpaired) electrons. The highest BCUT2D eigenvalue weighted by Gasteiger charge is 2.23. The van der Waals surface area contributed by atoms with Crippen molar-refractivity contribution in [1.29, 1.82) is 5.26 Å². The molecule has 8 heteroatoms. The lowest BCUT2D eigenvalue weighted by Gasteiger charge is -2.35. The van der Waals surface area contributed by atoms with Gasteiger partial charge in [0.2, 0.25) is 5.82 Å². The Hall–Kier alpha value is -4.35. The number of piperazine rings is 1. The number of pyridine rings is 1. The predicted octanol–water partition coefficient (Wildman–Crippen LogP) is 4.38. The number of nitriles is 1. The standard InChI is InChI=1S/C28H26N6O2/c1-20(17-29)22-6-3-8-24(16-22)28(35)34-13-11-33(12-14-34)19-21-5-2-7-23(15-21)26-31-27(36-32-26)25-9-4-10-30-18-25/h2-10,15-16,18,20H,11-14,19H2,1H3. The van der Waals surface area contributed by atoms with Gasteiger partial charge in [-0.05, 0) is 48.4 Å². The molecule has 8 nitrogen and oxygen atoms in total. The Morgan fingerprint density at radius 1 is 1.06 bits per heavy atom. The van der Waals surface area contributed by atoms with Crippen LogP contribution < -0.4 is 0 Å². The van der Waals surface area contributed by atoms with E-state index in [2.05, 4.69) is 38.2 Å². The second-order valence-electron chi connectivity index (χ2n) is 8.91. The quantitative estimate of drug-likeness (QED) is 0.405. The molecular formula is C28H26N6O2. The minimum atomic E-state index is -0.236. The monoisotopic (exact) mass is 478 g/mol. The molecule has 1 unspecified atom stereocenters. The molecule has 1 amide bonds. The van der Waals surface area contributed by atoms with E-state index in [0.29, 0.717) is 30.4 Å². The van der Waals surface area contributed by atoms with Gasteiger partial charge in [0.05, 0.1) is 17.6 Å². The number of hydrogen-bond donors (Lipinski definition) is 0. The summed E-state index contributed by atoms with van der Waals surface area (Å²) in [5.74, 6) is 0.765. The second kappa shape index (κ2) is 10.5. The van der Waals surface area contributed by atoms with Crippen LogP contribution in [-0.4, -0.2) is 57.0 Å². The van der Waals surface area contributed by atoms with Crippen LogP contribution in [0.15, 0.2) is 77.6 Å². The molecule has 0 bridgehead atoms. The lowest BCUT2D eigenvalue weighted by Crippen LogP contribution is -2.48. The fourth-order valence-electron chi connectivity index (χ4n) is 4.32. The van der Waals surface area contributed by atoms with Gasteiger partial charge in [0.25, 0.3) is 11.8 Å². The number of carbonyl (C=O) groups is 1. The van der Waals surface area contributed by atoms with Crippen molar-refractivity contribution < 1.29 is 9.32 Å². The van der Waals surface area contributed by atoms with E-state index in [0.717, 1.165) is 41.9 Å². The topological polar surface area (TPSA) is 99.2 Å². The van der Waals surface area contributed by atoms with Crippen molar-refractivity contribution in [2.75, 3.05) is 26.2 Å². The van der Waals surface area contributed by atoms with Gasteiger partial charge in [-0.15, -0.1) is 0 Å². The maximum atomic E-state index is 13.0. The Kier molecular flexibility index (Phi) is 6.83. The van der Waals surface area contributed by atoms with Gasteiger partial charge < -0.3 is 9.42 Å². The Morgan fingerprint density at radius 2 is 1.86 bits per heavy atom. The maximum absolute atomic E-state index is 13.0. The fourth-order valence-corrected chi connectivity index (χ4v) is 4.32. The molecule has 1 fully saturated rings. The second-order valence-corrected chi connectivity index (χ2v) is 8.91. The van der Waals surface area contributed by atoms with E-state index in [4.69, 9.17) is 4.52 Å². The number of hydrogen-bond acceptors (Lipinski definition) is 7. The molecule has 5 rings (SSSR count). The first kappa shape index (κ1) is 23.4. The molecule has 1 aliphatic rings. The third-order valence-corrected chi connectivity index (χ3v) is 6.41. The van der Waals surface area contributed by atoms with E-state index in [1.165, 1.54) is 0 Å². The van der Waals surface area contributed by atoms with Crippen molar-refractivity contribution in [3.63, 3.8) is 0 Å². The molecule has 36 heavy (non-hydrogen) atoms. The summed E-state index contributed by atoms with van der Waals surface area (Å²) in [4.78, 5) is 25.9.